The van der Waals surface area contributed by atoms with Gasteiger partial charge in [0.25, 0.3) is 0 Å². The molecule has 23 heavy (non-hydrogen) atoms. The minimum Gasteiger partial charge on any atom is -0.396 e. The van der Waals surface area contributed by atoms with Crippen LogP contribution in [0.1, 0.15) is 38.3 Å². The standard InChI is InChI=1S/C17H24N4O2/c1-13(7-5-12-22)19-17(23)20-14(2)15-8-3-4-9-16(15)21-11-6-10-18-21/h3-4,6,8-11,13-14,22H,5,7,12H2,1-2H3,(H2,19,20,23). The number of para-hydroxylation sites is 1. The van der Waals surface area contributed by atoms with Crippen LogP contribution in [-0.2, 0) is 0 Å². The molecule has 2 atom stereocenters. The molecule has 2 unspecified atom stereocenters. The Morgan fingerprint density at radius 3 is 2.74 bits per heavy atom. The summed E-state index contributed by atoms with van der Waals surface area (Å²) < 4.78 is 1.79. The Balaban J connectivity index is 2.01. The summed E-state index contributed by atoms with van der Waals surface area (Å²) >= 11 is 0. The molecule has 0 saturated carbocycles. The molecule has 0 aliphatic rings. The molecule has 1 aromatic heterocycles. The normalized spacial score (nSPS) is 13.3. The van der Waals surface area contributed by atoms with Gasteiger partial charge in [0.2, 0.25) is 0 Å². The first-order valence-corrected chi connectivity index (χ1v) is 7.88. The van der Waals surface area contributed by atoms with Gasteiger partial charge in [-0.3, -0.25) is 0 Å². The van der Waals surface area contributed by atoms with Crippen molar-refractivity contribution in [3.63, 3.8) is 0 Å². The van der Waals surface area contributed by atoms with Crippen LogP contribution in [0.4, 0.5) is 4.79 Å². The molecule has 2 amide bonds. The second kappa shape index (κ2) is 8.33. The van der Waals surface area contributed by atoms with E-state index in [1.807, 2.05) is 50.4 Å². The SMILES string of the molecule is CC(CCCO)NC(=O)NC(C)c1ccccc1-n1cccn1. The molecule has 124 valence electrons. The molecule has 1 aromatic carbocycles. The number of nitrogens with one attached hydrogen (secondary N) is 2. The van der Waals surface area contributed by atoms with E-state index in [1.165, 1.54) is 0 Å². The number of aliphatic hydroxyl groups is 1. The smallest absolute Gasteiger partial charge is 0.315 e. The zero-order chi connectivity index (χ0) is 16.7. The van der Waals surface area contributed by atoms with Gasteiger partial charge in [0.1, 0.15) is 0 Å². The summed E-state index contributed by atoms with van der Waals surface area (Å²) in [5.41, 5.74) is 1.94. The Bertz CT molecular complexity index is 613. The number of aromatic nitrogens is 2. The van der Waals surface area contributed by atoms with Crippen LogP contribution in [0, 0.1) is 0 Å². The molecule has 2 aromatic rings. The van der Waals surface area contributed by atoms with Crippen LogP contribution >= 0.6 is 0 Å². The van der Waals surface area contributed by atoms with Crippen molar-refractivity contribution >= 4 is 6.03 Å². The van der Waals surface area contributed by atoms with Crippen LogP contribution in [0.25, 0.3) is 5.69 Å². The van der Waals surface area contributed by atoms with Crippen LogP contribution < -0.4 is 10.6 Å². The number of amides is 2. The first-order chi connectivity index (χ1) is 11.1. The number of nitrogens with zero attached hydrogens (tertiary/aromatic N) is 2. The number of benzene rings is 1. The van der Waals surface area contributed by atoms with Gasteiger partial charge in [-0.2, -0.15) is 5.10 Å². The highest BCUT2D eigenvalue weighted by Gasteiger charge is 2.15. The van der Waals surface area contributed by atoms with E-state index >= 15 is 0 Å². The van der Waals surface area contributed by atoms with E-state index < -0.39 is 0 Å². The number of carbonyl (C=O) groups excluding carboxylic acids is 1. The lowest BCUT2D eigenvalue weighted by molar-refractivity contribution is 0.231. The molecule has 1 heterocycles. The van der Waals surface area contributed by atoms with E-state index in [4.69, 9.17) is 5.11 Å². The molecule has 0 bridgehead atoms. The van der Waals surface area contributed by atoms with Crippen LogP contribution in [0.15, 0.2) is 42.7 Å². The van der Waals surface area contributed by atoms with Gasteiger partial charge in [-0.15, -0.1) is 0 Å². The van der Waals surface area contributed by atoms with Crippen molar-refractivity contribution < 1.29 is 9.90 Å². The lowest BCUT2D eigenvalue weighted by Crippen LogP contribution is -2.42. The largest absolute Gasteiger partial charge is 0.396 e. The fraction of sp³-hybridized carbons (Fsp3) is 0.412. The Hall–Kier alpha value is -2.34. The van der Waals surface area contributed by atoms with Gasteiger partial charge >= 0.3 is 6.03 Å². The second-order valence-electron chi connectivity index (χ2n) is 5.62. The number of rotatable bonds is 7. The predicted molar refractivity (Wildman–Crippen MR) is 89.4 cm³/mol. The Morgan fingerprint density at radius 1 is 1.26 bits per heavy atom. The molecule has 2 rings (SSSR count). The highest BCUT2D eigenvalue weighted by atomic mass is 16.3. The van der Waals surface area contributed by atoms with Gasteiger partial charge in [-0.25, -0.2) is 9.48 Å². The average Bonchev–Trinajstić information content (AvgIpc) is 3.07. The topological polar surface area (TPSA) is 79.2 Å². The lowest BCUT2D eigenvalue weighted by atomic mass is 10.1. The Labute approximate surface area is 136 Å². The quantitative estimate of drug-likeness (QED) is 0.734. The first-order valence-electron chi connectivity index (χ1n) is 7.88. The van der Waals surface area contributed by atoms with Crippen LogP contribution in [0.3, 0.4) is 0 Å². The Morgan fingerprint density at radius 2 is 2.04 bits per heavy atom. The van der Waals surface area contributed by atoms with E-state index in [9.17, 15) is 4.79 Å². The molecular formula is C17H24N4O2. The monoisotopic (exact) mass is 316 g/mol. The van der Waals surface area contributed by atoms with E-state index in [0.717, 1.165) is 17.7 Å². The highest BCUT2D eigenvalue weighted by Crippen LogP contribution is 2.20. The molecule has 0 fully saturated rings. The summed E-state index contributed by atoms with van der Waals surface area (Å²) in [5.74, 6) is 0. The van der Waals surface area contributed by atoms with Crippen molar-refractivity contribution in [2.24, 2.45) is 0 Å². The van der Waals surface area contributed by atoms with Crippen molar-refractivity contribution in [3.05, 3.63) is 48.3 Å². The summed E-state index contributed by atoms with van der Waals surface area (Å²) in [6.07, 6.45) is 5.04. The third kappa shape index (κ3) is 4.82. The first kappa shape index (κ1) is 17.0. The summed E-state index contributed by atoms with van der Waals surface area (Å²) in [5, 5.41) is 18.9. The number of hydrogen-bond donors (Lipinski definition) is 3. The fourth-order valence-corrected chi connectivity index (χ4v) is 2.48. The molecule has 6 nitrogen and oxygen atoms in total. The van der Waals surface area contributed by atoms with Crippen molar-refractivity contribution in [1.82, 2.24) is 20.4 Å². The lowest BCUT2D eigenvalue weighted by Gasteiger charge is -2.20. The molecule has 0 radical (unpaired) electrons. The fourth-order valence-electron chi connectivity index (χ4n) is 2.48. The van der Waals surface area contributed by atoms with Crippen molar-refractivity contribution in [1.29, 1.82) is 0 Å². The maximum atomic E-state index is 12.1. The van der Waals surface area contributed by atoms with Crippen molar-refractivity contribution in [2.45, 2.75) is 38.8 Å². The van der Waals surface area contributed by atoms with E-state index in [1.54, 1.807) is 10.9 Å². The summed E-state index contributed by atoms with van der Waals surface area (Å²) in [7, 11) is 0. The molecule has 3 N–H and O–H groups in total. The van der Waals surface area contributed by atoms with Gasteiger partial charge in [0.15, 0.2) is 0 Å². The van der Waals surface area contributed by atoms with E-state index in [0.29, 0.717) is 6.42 Å². The third-order valence-electron chi connectivity index (χ3n) is 3.67. The third-order valence-corrected chi connectivity index (χ3v) is 3.67. The van der Waals surface area contributed by atoms with E-state index in [2.05, 4.69) is 15.7 Å². The summed E-state index contributed by atoms with van der Waals surface area (Å²) in [4.78, 5) is 12.1. The van der Waals surface area contributed by atoms with Crippen molar-refractivity contribution in [3.8, 4) is 5.69 Å². The number of hydrogen-bond acceptors (Lipinski definition) is 3. The van der Waals surface area contributed by atoms with Gasteiger partial charge < -0.3 is 15.7 Å². The zero-order valence-corrected chi connectivity index (χ0v) is 13.6. The maximum Gasteiger partial charge on any atom is 0.315 e. The summed E-state index contributed by atoms with van der Waals surface area (Å²) in [6.45, 7) is 4.01. The average molecular weight is 316 g/mol. The number of urea groups is 1. The van der Waals surface area contributed by atoms with Crippen LogP contribution in [0.5, 0.6) is 0 Å². The maximum absolute atomic E-state index is 12.1. The molecular weight excluding hydrogens is 292 g/mol. The van der Waals surface area contributed by atoms with Gasteiger partial charge in [-0.05, 0) is 44.4 Å². The molecule has 0 spiro atoms. The van der Waals surface area contributed by atoms with Crippen molar-refractivity contribution in [2.75, 3.05) is 6.61 Å². The minimum atomic E-state index is -0.210. The van der Waals surface area contributed by atoms with Crippen LogP contribution in [-0.4, -0.2) is 33.6 Å². The highest BCUT2D eigenvalue weighted by molar-refractivity contribution is 5.74. The van der Waals surface area contributed by atoms with Crippen LogP contribution in [0.2, 0.25) is 0 Å². The molecule has 6 heteroatoms. The zero-order valence-electron chi connectivity index (χ0n) is 13.6. The van der Waals surface area contributed by atoms with Gasteiger partial charge in [0, 0.05) is 25.0 Å². The molecule has 0 aliphatic carbocycles. The van der Waals surface area contributed by atoms with Gasteiger partial charge in [-0.1, -0.05) is 18.2 Å². The predicted octanol–water partition coefficient (Wildman–Crippen LogP) is 2.39. The summed E-state index contributed by atoms with van der Waals surface area (Å²) in [6, 6.07) is 9.38. The molecule has 0 aliphatic heterocycles. The minimum absolute atomic E-state index is 0.0238. The number of aliphatic hydroxyl groups excluding tert-OH is 1. The van der Waals surface area contributed by atoms with E-state index in [-0.39, 0.29) is 24.7 Å². The van der Waals surface area contributed by atoms with Gasteiger partial charge in [0.05, 0.1) is 11.7 Å². The Kier molecular flexibility index (Phi) is 6.17. The second-order valence-corrected chi connectivity index (χ2v) is 5.62. The number of carbonyl (C=O) groups is 1. The molecule has 0 saturated heterocycles.